The Morgan fingerprint density at radius 2 is 1.71 bits per heavy atom. The van der Waals surface area contributed by atoms with Crippen molar-refractivity contribution in [3.63, 3.8) is 0 Å². The van der Waals surface area contributed by atoms with Crippen LogP contribution in [0, 0.1) is 11.8 Å². The van der Waals surface area contributed by atoms with Crippen LogP contribution in [-0.4, -0.2) is 33.8 Å². The molecule has 2 aliphatic rings. The molecule has 2 N–H and O–H groups in total. The Kier molecular flexibility index (Phi) is 9.42. The minimum atomic E-state index is -1.15. The lowest BCUT2D eigenvalue weighted by atomic mass is 9.80. The van der Waals surface area contributed by atoms with Gasteiger partial charge in [-0.25, -0.2) is 0 Å². The van der Waals surface area contributed by atoms with Crippen LogP contribution in [-0.2, 0) is 12.0 Å². The molecule has 2 atom stereocenters. The van der Waals surface area contributed by atoms with E-state index in [1.807, 2.05) is 48.8 Å². The van der Waals surface area contributed by atoms with Crippen molar-refractivity contribution in [3.8, 4) is 11.8 Å². The average Bonchev–Trinajstić information content (AvgIpc) is 2.96. The van der Waals surface area contributed by atoms with Gasteiger partial charge in [0.1, 0.15) is 5.60 Å². The van der Waals surface area contributed by atoms with Gasteiger partial charge in [-0.15, -0.1) is 29.4 Å². The predicted octanol–water partition coefficient (Wildman–Crippen LogP) is 8.00. The summed E-state index contributed by atoms with van der Waals surface area (Å²) in [6.45, 7) is 0. The first-order valence-corrected chi connectivity index (χ1v) is 16.5. The zero-order valence-electron chi connectivity index (χ0n) is 21.7. The normalized spacial score (nSPS) is 20.5. The molecule has 0 bridgehead atoms. The standard InChI is InChI=1S/C32H34ClNOS3/c1-34-26(15-9-13-24-11-3-2-4-12-24)14-7-8-20-31(36-21-10-22-37-31)32(35)27-16-5-6-17-29(27)38-30-19-18-25(33)23-28(30)32/h2-6,11-12,16-19,23,26,34-35H,8-10,13,15,20-22H2,1H3. The Morgan fingerprint density at radius 1 is 0.974 bits per heavy atom. The van der Waals surface area contributed by atoms with Gasteiger partial charge in [-0.2, -0.15) is 0 Å². The number of aryl methyl sites for hydroxylation is 1. The van der Waals surface area contributed by atoms with E-state index in [0.717, 1.165) is 70.9 Å². The van der Waals surface area contributed by atoms with Gasteiger partial charge in [0.25, 0.3) is 0 Å². The highest BCUT2D eigenvalue weighted by Gasteiger charge is 2.57. The summed E-state index contributed by atoms with van der Waals surface area (Å²) in [5.74, 6) is 9.05. The molecule has 3 aromatic carbocycles. The van der Waals surface area contributed by atoms with Gasteiger partial charge in [-0.05, 0) is 80.5 Å². The van der Waals surface area contributed by atoms with Crippen LogP contribution in [0.3, 0.4) is 0 Å². The van der Waals surface area contributed by atoms with Gasteiger partial charge in [-0.3, -0.25) is 0 Å². The molecule has 38 heavy (non-hydrogen) atoms. The second kappa shape index (κ2) is 12.8. The summed E-state index contributed by atoms with van der Waals surface area (Å²) < 4.78 is -0.432. The van der Waals surface area contributed by atoms with Crippen LogP contribution in [0.4, 0.5) is 0 Å². The zero-order valence-corrected chi connectivity index (χ0v) is 24.9. The number of hydrogen-bond acceptors (Lipinski definition) is 5. The molecule has 0 aromatic heterocycles. The second-order valence-electron chi connectivity index (χ2n) is 9.79. The van der Waals surface area contributed by atoms with Crippen LogP contribution in [0.5, 0.6) is 0 Å². The number of aliphatic hydroxyl groups is 1. The van der Waals surface area contributed by atoms with Gasteiger partial charge in [0, 0.05) is 32.4 Å². The summed E-state index contributed by atoms with van der Waals surface area (Å²) in [6, 6.07) is 25.1. The molecule has 0 aliphatic carbocycles. The largest absolute Gasteiger partial charge is 0.378 e. The number of benzene rings is 3. The van der Waals surface area contributed by atoms with Crippen molar-refractivity contribution >= 4 is 46.9 Å². The lowest BCUT2D eigenvalue weighted by molar-refractivity contribution is 0.0579. The summed E-state index contributed by atoms with van der Waals surface area (Å²) in [6.07, 6.45) is 5.89. The topological polar surface area (TPSA) is 32.3 Å². The molecule has 198 valence electrons. The highest BCUT2D eigenvalue weighted by atomic mass is 35.5. The molecule has 5 rings (SSSR count). The highest BCUT2D eigenvalue weighted by Crippen LogP contribution is 2.63. The van der Waals surface area contributed by atoms with Crippen LogP contribution in [0.15, 0.2) is 82.6 Å². The zero-order chi connectivity index (χ0) is 26.4. The molecule has 2 unspecified atom stereocenters. The Bertz CT molecular complexity index is 1300. The van der Waals surface area contributed by atoms with Crippen LogP contribution >= 0.6 is 46.9 Å². The summed E-state index contributed by atoms with van der Waals surface area (Å²) >= 11 is 12.0. The van der Waals surface area contributed by atoms with E-state index < -0.39 is 9.68 Å². The molecule has 1 fully saturated rings. The highest BCUT2D eigenvalue weighted by molar-refractivity contribution is 8.18. The molecule has 2 aliphatic heterocycles. The molecule has 2 nitrogen and oxygen atoms in total. The van der Waals surface area contributed by atoms with Crippen molar-refractivity contribution in [3.05, 3.63) is 94.5 Å². The number of rotatable bonds is 8. The number of halogens is 1. The van der Waals surface area contributed by atoms with Gasteiger partial charge in [-0.1, -0.05) is 77.8 Å². The van der Waals surface area contributed by atoms with Gasteiger partial charge in [0.05, 0.1) is 10.1 Å². The van der Waals surface area contributed by atoms with Crippen LogP contribution in [0.2, 0.25) is 5.02 Å². The Morgan fingerprint density at radius 3 is 2.50 bits per heavy atom. The minimum Gasteiger partial charge on any atom is -0.378 e. The maximum atomic E-state index is 12.9. The molecular formula is C32H34ClNOS3. The molecule has 6 heteroatoms. The van der Waals surface area contributed by atoms with E-state index in [2.05, 4.69) is 71.8 Å². The summed E-state index contributed by atoms with van der Waals surface area (Å²) in [4.78, 5) is 2.21. The molecule has 3 aromatic rings. The van der Waals surface area contributed by atoms with Crippen molar-refractivity contribution in [2.45, 2.75) is 64.0 Å². The van der Waals surface area contributed by atoms with E-state index in [0.29, 0.717) is 5.02 Å². The number of nitrogens with one attached hydrogen (secondary N) is 1. The van der Waals surface area contributed by atoms with E-state index in [-0.39, 0.29) is 6.04 Å². The van der Waals surface area contributed by atoms with E-state index in [4.69, 9.17) is 11.6 Å². The van der Waals surface area contributed by atoms with E-state index >= 15 is 0 Å². The number of fused-ring (bicyclic) bond motifs is 2. The predicted molar refractivity (Wildman–Crippen MR) is 167 cm³/mol. The van der Waals surface area contributed by atoms with Gasteiger partial charge in [0.15, 0.2) is 0 Å². The fourth-order valence-electron chi connectivity index (χ4n) is 5.38. The molecule has 0 saturated carbocycles. The SMILES string of the molecule is CNC(C#CCCC1(C2(O)c3ccccc3Sc3ccc(Cl)cc32)SCCCS1)CCCc1ccccc1. The van der Waals surface area contributed by atoms with Crippen molar-refractivity contribution in [2.24, 2.45) is 0 Å². The van der Waals surface area contributed by atoms with Gasteiger partial charge < -0.3 is 10.4 Å². The summed E-state index contributed by atoms with van der Waals surface area (Å²) in [5.41, 5.74) is 2.15. The van der Waals surface area contributed by atoms with Gasteiger partial charge >= 0.3 is 0 Å². The lowest BCUT2D eigenvalue weighted by Crippen LogP contribution is -2.51. The van der Waals surface area contributed by atoms with Crippen LogP contribution < -0.4 is 5.32 Å². The maximum Gasteiger partial charge on any atom is 0.141 e. The summed E-state index contributed by atoms with van der Waals surface area (Å²) in [7, 11) is 2.00. The lowest BCUT2D eigenvalue weighted by Gasteiger charge is -2.51. The smallest absolute Gasteiger partial charge is 0.141 e. The molecule has 2 heterocycles. The average molecular weight is 580 g/mol. The quantitative estimate of drug-likeness (QED) is 0.264. The fourth-order valence-corrected chi connectivity index (χ4v) is 10.3. The molecule has 1 saturated heterocycles. The van der Waals surface area contributed by atoms with E-state index in [9.17, 15) is 5.11 Å². The Hall–Kier alpha value is -1.52. The van der Waals surface area contributed by atoms with Crippen molar-refractivity contribution in [1.82, 2.24) is 5.32 Å². The van der Waals surface area contributed by atoms with E-state index in [1.165, 1.54) is 5.56 Å². The third-order valence-electron chi connectivity index (χ3n) is 7.34. The second-order valence-corrected chi connectivity index (χ2v) is 14.4. The first-order chi connectivity index (χ1) is 18.6. The van der Waals surface area contributed by atoms with Crippen molar-refractivity contribution in [1.29, 1.82) is 0 Å². The third-order valence-corrected chi connectivity index (χ3v) is 12.4. The Labute approximate surface area is 245 Å². The van der Waals surface area contributed by atoms with Crippen LogP contribution in [0.25, 0.3) is 0 Å². The Balaban J connectivity index is 1.37. The van der Waals surface area contributed by atoms with E-state index in [1.54, 1.807) is 11.8 Å². The minimum absolute atomic E-state index is 0.177. The molecular weight excluding hydrogens is 546 g/mol. The monoisotopic (exact) mass is 579 g/mol. The summed E-state index contributed by atoms with van der Waals surface area (Å²) in [5, 5.41) is 16.9. The van der Waals surface area contributed by atoms with Crippen molar-refractivity contribution < 1.29 is 5.11 Å². The van der Waals surface area contributed by atoms with Gasteiger partial charge in [0.2, 0.25) is 0 Å². The number of thioether (sulfide) groups is 2. The number of hydrogen-bond donors (Lipinski definition) is 2. The van der Waals surface area contributed by atoms with Crippen LogP contribution in [0.1, 0.15) is 48.8 Å². The first kappa shape index (κ1) is 28.0. The molecule has 0 radical (unpaired) electrons. The fraction of sp³-hybridized carbons (Fsp3) is 0.375. The third kappa shape index (κ3) is 5.82. The molecule has 0 amide bonds. The maximum absolute atomic E-state index is 12.9. The van der Waals surface area contributed by atoms with Crippen molar-refractivity contribution in [2.75, 3.05) is 18.6 Å². The first-order valence-electron chi connectivity index (χ1n) is 13.3. The molecule has 0 spiro atoms.